The summed E-state index contributed by atoms with van der Waals surface area (Å²) in [5.41, 5.74) is 0. The second-order valence-electron chi connectivity index (χ2n) is 6.62. The summed E-state index contributed by atoms with van der Waals surface area (Å²) in [6, 6.07) is -0.177. The Morgan fingerprint density at radius 3 is 2.35 bits per heavy atom. The number of amides is 1. The van der Waals surface area contributed by atoms with E-state index in [1.165, 1.54) is 24.2 Å². The normalized spacial score (nSPS) is 25.1. The van der Waals surface area contributed by atoms with E-state index in [0.717, 1.165) is 6.61 Å². The summed E-state index contributed by atoms with van der Waals surface area (Å²) >= 11 is 0. The number of aromatic nitrogens is 2. The molecule has 23 heavy (non-hydrogen) atoms. The molecule has 1 saturated heterocycles. The lowest BCUT2D eigenvalue weighted by Gasteiger charge is -2.42. The first kappa shape index (κ1) is 15.8. The lowest BCUT2D eigenvalue weighted by molar-refractivity contribution is 0.0979. The standard InChI is InChI=1S/C16H24N4O3/c1-11-8-19(9-12(2)20(11)16(21)22)15-17-6-14(7-18-15)23-10-13-4-3-5-13/h6-7,11-13H,3-5,8-10H2,1-2H3,(H,21,22)/t11-,12+. The van der Waals surface area contributed by atoms with Crippen molar-refractivity contribution in [2.24, 2.45) is 5.92 Å². The van der Waals surface area contributed by atoms with Crippen LogP contribution in [-0.4, -0.2) is 57.8 Å². The van der Waals surface area contributed by atoms with Crippen molar-refractivity contribution in [2.45, 2.75) is 45.2 Å². The van der Waals surface area contributed by atoms with E-state index in [-0.39, 0.29) is 12.1 Å². The minimum atomic E-state index is -0.870. The number of carboxylic acid groups (broad SMARTS) is 1. The van der Waals surface area contributed by atoms with Crippen LogP contribution in [0.3, 0.4) is 0 Å². The van der Waals surface area contributed by atoms with Crippen LogP contribution in [-0.2, 0) is 0 Å². The monoisotopic (exact) mass is 320 g/mol. The fourth-order valence-electron chi connectivity index (χ4n) is 3.28. The molecule has 126 valence electrons. The lowest BCUT2D eigenvalue weighted by Crippen LogP contribution is -2.58. The predicted octanol–water partition coefficient (Wildman–Crippen LogP) is 2.23. The maximum Gasteiger partial charge on any atom is 0.407 e. The molecular weight excluding hydrogens is 296 g/mol. The maximum atomic E-state index is 11.3. The highest BCUT2D eigenvalue weighted by Crippen LogP contribution is 2.27. The molecule has 0 spiro atoms. The van der Waals surface area contributed by atoms with Crippen LogP contribution in [0.1, 0.15) is 33.1 Å². The van der Waals surface area contributed by atoms with Crippen molar-refractivity contribution in [1.29, 1.82) is 0 Å². The average Bonchev–Trinajstić information content (AvgIpc) is 2.45. The van der Waals surface area contributed by atoms with E-state index in [1.807, 2.05) is 18.7 Å². The van der Waals surface area contributed by atoms with Crippen molar-refractivity contribution in [3.8, 4) is 5.75 Å². The Morgan fingerprint density at radius 1 is 1.26 bits per heavy atom. The average molecular weight is 320 g/mol. The number of carbonyl (C=O) groups is 1. The zero-order chi connectivity index (χ0) is 16.4. The summed E-state index contributed by atoms with van der Waals surface area (Å²) in [5.74, 6) is 2.01. The fourth-order valence-corrected chi connectivity index (χ4v) is 3.28. The van der Waals surface area contributed by atoms with Gasteiger partial charge < -0.3 is 14.7 Å². The van der Waals surface area contributed by atoms with Crippen LogP contribution in [0.4, 0.5) is 10.7 Å². The van der Waals surface area contributed by atoms with Crippen LogP contribution in [0.15, 0.2) is 12.4 Å². The SMILES string of the molecule is C[C@@H]1CN(c2ncc(OCC3CCC3)cn2)C[C@H](C)N1C(=O)O. The van der Waals surface area contributed by atoms with Crippen molar-refractivity contribution in [1.82, 2.24) is 14.9 Å². The first-order chi connectivity index (χ1) is 11.0. The van der Waals surface area contributed by atoms with Gasteiger partial charge in [-0.2, -0.15) is 0 Å². The van der Waals surface area contributed by atoms with Gasteiger partial charge in [0.05, 0.1) is 31.1 Å². The predicted molar refractivity (Wildman–Crippen MR) is 85.9 cm³/mol. The van der Waals surface area contributed by atoms with Gasteiger partial charge in [0.15, 0.2) is 5.75 Å². The summed E-state index contributed by atoms with van der Waals surface area (Å²) in [6.45, 7) is 5.76. The molecule has 3 rings (SSSR count). The summed E-state index contributed by atoms with van der Waals surface area (Å²) in [5, 5.41) is 9.26. The summed E-state index contributed by atoms with van der Waals surface area (Å²) in [4.78, 5) is 23.6. The Kier molecular flexibility index (Phi) is 4.54. The third kappa shape index (κ3) is 3.48. The van der Waals surface area contributed by atoms with E-state index in [1.54, 1.807) is 12.4 Å². The molecule has 0 bridgehead atoms. The summed E-state index contributed by atoms with van der Waals surface area (Å²) in [6.07, 6.45) is 6.36. The number of ether oxygens (including phenoxy) is 1. The van der Waals surface area contributed by atoms with Crippen LogP contribution in [0.25, 0.3) is 0 Å². The number of nitrogens with zero attached hydrogens (tertiary/aromatic N) is 4. The van der Waals surface area contributed by atoms with Crippen molar-refractivity contribution in [3.63, 3.8) is 0 Å². The molecule has 7 heteroatoms. The zero-order valence-corrected chi connectivity index (χ0v) is 13.7. The molecule has 1 N–H and O–H groups in total. The topological polar surface area (TPSA) is 78.8 Å². The smallest absolute Gasteiger partial charge is 0.407 e. The maximum absolute atomic E-state index is 11.3. The van der Waals surface area contributed by atoms with E-state index < -0.39 is 6.09 Å². The van der Waals surface area contributed by atoms with Crippen molar-refractivity contribution in [3.05, 3.63) is 12.4 Å². The quantitative estimate of drug-likeness (QED) is 0.916. The van der Waals surface area contributed by atoms with Gasteiger partial charge in [0.2, 0.25) is 5.95 Å². The molecule has 2 fully saturated rings. The first-order valence-electron chi connectivity index (χ1n) is 8.25. The molecule has 1 amide bonds. The second kappa shape index (κ2) is 6.60. The Labute approximate surface area is 136 Å². The zero-order valence-electron chi connectivity index (χ0n) is 13.7. The van der Waals surface area contributed by atoms with E-state index in [0.29, 0.717) is 30.7 Å². The highest BCUT2D eigenvalue weighted by Gasteiger charge is 2.33. The number of rotatable bonds is 4. The van der Waals surface area contributed by atoms with Crippen LogP contribution in [0.5, 0.6) is 5.75 Å². The van der Waals surface area contributed by atoms with Gasteiger partial charge in [0.25, 0.3) is 0 Å². The molecule has 1 aromatic heterocycles. The van der Waals surface area contributed by atoms with Crippen LogP contribution >= 0.6 is 0 Å². The molecule has 0 radical (unpaired) electrons. The first-order valence-corrected chi connectivity index (χ1v) is 8.25. The molecule has 0 aromatic carbocycles. The number of anilines is 1. The highest BCUT2D eigenvalue weighted by molar-refractivity contribution is 5.66. The molecule has 2 atom stereocenters. The molecule has 1 aromatic rings. The Balaban J connectivity index is 1.59. The molecule has 1 aliphatic heterocycles. The van der Waals surface area contributed by atoms with Gasteiger partial charge in [-0.3, -0.25) is 4.90 Å². The van der Waals surface area contributed by atoms with Crippen molar-refractivity contribution < 1.29 is 14.6 Å². The minimum absolute atomic E-state index is 0.0885. The number of piperazine rings is 1. The Morgan fingerprint density at radius 2 is 1.87 bits per heavy atom. The number of hydrogen-bond donors (Lipinski definition) is 1. The third-order valence-electron chi connectivity index (χ3n) is 4.75. The van der Waals surface area contributed by atoms with Crippen molar-refractivity contribution >= 4 is 12.0 Å². The molecule has 2 aliphatic rings. The lowest BCUT2D eigenvalue weighted by atomic mass is 9.86. The van der Waals surface area contributed by atoms with Gasteiger partial charge >= 0.3 is 6.09 Å². The Hall–Kier alpha value is -2.05. The largest absolute Gasteiger partial charge is 0.490 e. The molecular formula is C16H24N4O3. The van der Waals surface area contributed by atoms with E-state index >= 15 is 0 Å². The molecule has 2 heterocycles. The van der Waals surface area contributed by atoms with Gasteiger partial charge in [-0.1, -0.05) is 6.42 Å². The number of hydrogen-bond acceptors (Lipinski definition) is 5. The van der Waals surface area contributed by atoms with Crippen LogP contribution in [0, 0.1) is 5.92 Å². The van der Waals surface area contributed by atoms with E-state index in [4.69, 9.17) is 4.74 Å². The van der Waals surface area contributed by atoms with Crippen LogP contribution in [0.2, 0.25) is 0 Å². The van der Waals surface area contributed by atoms with Gasteiger partial charge in [-0.15, -0.1) is 0 Å². The summed E-state index contributed by atoms with van der Waals surface area (Å²) < 4.78 is 5.71. The highest BCUT2D eigenvalue weighted by atomic mass is 16.5. The second-order valence-corrected chi connectivity index (χ2v) is 6.62. The molecule has 7 nitrogen and oxygen atoms in total. The van der Waals surface area contributed by atoms with Gasteiger partial charge in [-0.05, 0) is 32.6 Å². The van der Waals surface area contributed by atoms with Gasteiger partial charge in [-0.25, -0.2) is 14.8 Å². The third-order valence-corrected chi connectivity index (χ3v) is 4.75. The summed E-state index contributed by atoms with van der Waals surface area (Å²) in [7, 11) is 0. The molecule has 1 saturated carbocycles. The van der Waals surface area contributed by atoms with E-state index in [9.17, 15) is 9.90 Å². The van der Waals surface area contributed by atoms with E-state index in [2.05, 4.69) is 9.97 Å². The molecule has 1 aliphatic carbocycles. The molecule has 0 unspecified atom stereocenters. The van der Waals surface area contributed by atoms with Crippen LogP contribution < -0.4 is 9.64 Å². The minimum Gasteiger partial charge on any atom is -0.490 e. The fraction of sp³-hybridized carbons (Fsp3) is 0.688. The van der Waals surface area contributed by atoms with Gasteiger partial charge in [0.1, 0.15) is 0 Å². The van der Waals surface area contributed by atoms with Crippen molar-refractivity contribution in [2.75, 3.05) is 24.6 Å². The Bertz CT molecular complexity index is 535. The van der Waals surface area contributed by atoms with Gasteiger partial charge in [0, 0.05) is 13.1 Å².